The van der Waals surface area contributed by atoms with Crippen molar-refractivity contribution in [2.24, 2.45) is 5.73 Å². The Hall–Kier alpha value is -0.650. The Kier molecular flexibility index (Phi) is 5.60. The fourth-order valence-electron chi connectivity index (χ4n) is 2.99. The van der Waals surface area contributed by atoms with Crippen molar-refractivity contribution in [3.05, 3.63) is 0 Å². The molecule has 2 fully saturated rings. The first-order valence-corrected chi connectivity index (χ1v) is 7.39. The minimum atomic E-state index is -0.530. The van der Waals surface area contributed by atoms with Crippen molar-refractivity contribution in [3.63, 3.8) is 0 Å². The van der Waals surface area contributed by atoms with Crippen LogP contribution >= 0.6 is 0 Å². The Morgan fingerprint density at radius 3 is 2.37 bits per heavy atom. The highest BCUT2D eigenvalue weighted by Gasteiger charge is 2.28. The summed E-state index contributed by atoms with van der Waals surface area (Å²) in [6, 6.07) is -0.530. The lowest BCUT2D eigenvalue weighted by atomic mass is 10.1. The summed E-state index contributed by atoms with van der Waals surface area (Å²) in [6.07, 6.45) is 7.66. The lowest BCUT2D eigenvalue weighted by Crippen LogP contribution is -2.50. The molecule has 1 aliphatic heterocycles. The predicted octanol–water partition coefficient (Wildman–Crippen LogP) is 0.910. The number of carbonyl (C=O) groups is 1. The van der Waals surface area contributed by atoms with Crippen LogP contribution < -0.4 is 5.73 Å². The SMILES string of the molecule is COCC(N)C(=O)N1CCC(OC2CCCC2)CC1. The maximum Gasteiger partial charge on any atom is 0.241 e. The molecule has 0 bridgehead atoms. The summed E-state index contributed by atoms with van der Waals surface area (Å²) < 4.78 is 11.0. The Labute approximate surface area is 115 Å². The number of hydrogen-bond donors (Lipinski definition) is 1. The van der Waals surface area contributed by atoms with E-state index < -0.39 is 6.04 Å². The van der Waals surface area contributed by atoms with Gasteiger partial charge < -0.3 is 20.1 Å². The first kappa shape index (κ1) is 14.8. The van der Waals surface area contributed by atoms with Gasteiger partial charge in [-0.1, -0.05) is 12.8 Å². The van der Waals surface area contributed by atoms with Gasteiger partial charge in [-0.15, -0.1) is 0 Å². The second-order valence-corrected chi connectivity index (χ2v) is 5.63. The third kappa shape index (κ3) is 4.16. The second-order valence-electron chi connectivity index (χ2n) is 5.63. The Bertz CT molecular complexity index is 284. The maximum atomic E-state index is 12.0. The van der Waals surface area contributed by atoms with E-state index in [1.54, 1.807) is 7.11 Å². The summed E-state index contributed by atoms with van der Waals surface area (Å²) in [4.78, 5) is 13.9. The number of ether oxygens (including phenoxy) is 2. The van der Waals surface area contributed by atoms with Gasteiger partial charge in [0.05, 0.1) is 18.8 Å². The summed E-state index contributed by atoms with van der Waals surface area (Å²) >= 11 is 0. The Balaban J connectivity index is 1.70. The van der Waals surface area contributed by atoms with Crippen LogP contribution in [0.5, 0.6) is 0 Å². The largest absolute Gasteiger partial charge is 0.383 e. The number of amides is 1. The summed E-state index contributed by atoms with van der Waals surface area (Å²) in [5, 5.41) is 0. The molecule has 0 aromatic rings. The molecule has 1 unspecified atom stereocenters. The van der Waals surface area contributed by atoms with Gasteiger partial charge in [-0.3, -0.25) is 4.79 Å². The summed E-state index contributed by atoms with van der Waals surface area (Å²) in [6.45, 7) is 1.80. The number of nitrogens with two attached hydrogens (primary N) is 1. The quantitative estimate of drug-likeness (QED) is 0.806. The molecule has 0 radical (unpaired) electrons. The van der Waals surface area contributed by atoms with Gasteiger partial charge in [-0.05, 0) is 25.7 Å². The second kappa shape index (κ2) is 7.22. The first-order chi connectivity index (χ1) is 9.20. The smallest absolute Gasteiger partial charge is 0.241 e. The first-order valence-electron chi connectivity index (χ1n) is 7.39. The van der Waals surface area contributed by atoms with Crippen molar-refractivity contribution in [2.75, 3.05) is 26.8 Å². The highest BCUT2D eigenvalue weighted by atomic mass is 16.5. The summed E-state index contributed by atoms with van der Waals surface area (Å²) in [7, 11) is 1.56. The molecule has 2 N–H and O–H groups in total. The molecule has 2 aliphatic rings. The number of methoxy groups -OCH3 is 1. The average Bonchev–Trinajstić information content (AvgIpc) is 2.92. The Morgan fingerprint density at radius 1 is 1.21 bits per heavy atom. The van der Waals surface area contributed by atoms with Crippen LogP contribution in [0.3, 0.4) is 0 Å². The zero-order valence-corrected chi connectivity index (χ0v) is 11.8. The molecule has 0 aromatic carbocycles. The van der Waals surface area contributed by atoms with Gasteiger partial charge in [0.25, 0.3) is 0 Å². The number of nitrogens with zero attached hydrogens (tertiary/aromatic N) is 1. The average molecular weight is 270 g/mol. The minimum Gasteiger partial charge on any atom is -0.383 e. The topological polar surface area (TPSA) is 64.8 Å². The molecule has 110 valence electrons. The molecule has 1 aliphatic carbocycles. The molecule has 5 heteroatoms. The van der Waals surface area contributed by atoms with E-state index in [9.17, 15) is 4.79 Å². The molecule has 0 aromatic heterocycles. The molecule has 1 saturated carbocycles. The zero-order chi connectivity index (χ0) is 13.7. The van der Waals surface area contributed by atoms with E-state index >= 15 is 0 Å². The van der Waals surface area contributed by atoms with Crippen molar-refractivity contribution in [2.45, 2.75) is 56.8 Å². The van der Waals surface area contributed by atoms with Crippen LogP contribution in [0, 0.1) is 0 Å². The van der Waals surface area contributed by atoms with Gasteiger partial charge in [0.2, 0.25) is 5.91 Å². The molecule has 1 heterocycles. The molecular weight excluding hydrogens is 244 g/mol. The normalized spacial score (nSPS) is 23.8. The van der Waals surface area contributed by atoms with E-state index in [-0.39, 0.29) is 12.5 Å². The van der Waals surface area contributed by atoms with Gasteiger partial charge >= 0.3 is 0 Å². The van der Waals surface area contributed by atoms with Gasteiger partial charge in [0, 0.05) is 20.2 Å². The van der Waals surface area contributed by atoms with Crippen molar-refractivity contribution >= 4 is 5.91 Å². The molecule has 19 heavy (non-hydrogen) atoms. The van der Waals surface area contributed by atoms with E-state index in [1.165, 1.54) is 25.7 Å². The lowest BCUT2D eigenvalue weighted by molar-refractivity contribution is -0.137. The fraction of sp³-hybridized carbons (Fsp3) is 0.929. The van der Waals surface area contributed by atoms with Crippen LogP contribution in [0.25, 0.3) is 0 Å². The van der Waals surface area contributed by atoms with Gasteiger partial charge in [-0.2, -0.15) is 0 Å². The third-order valence-corrected chi connectivity index (χ3v) is 4.10. The molecule has 1 atom stereocenters. The van der Waals surface area contributed by atoms with E-state index in [1.807, 2.05) is 4.90 Å². The van der Waals surface area contributed by atoms with Crippen molar-refractivity contribution < 1.29 is 14.3 Å². The molecular formula is C14H26N2O3. The van der Waals surface area contributed by atoms with E-state index in [2.05, 4.69) is 0 Å². The molecule has 2 rings (SSSR count). The van der Waals surface area contributed by atoms with Crippen molar-refractivity contribution in [1.29, 1.82) is 0 Å². The van der Waals surface area contributed by atoms with E-state index in [4.69, 9.17) is 15.2 Å². The van der Waals surface area contributed by atoms with Crippen LogP contribution in [-0.2, 0) is 14.3 Å². The van der Waals surface area contributed by atoms with Crippen molar-refractivity contribution in [3.8, 4) is 0 Å². The number of hydrogen-bond acceptors (Lipinski definition) is 4. The van der Waals surface area contributed by atoms with Crippen LogP contribution in [0.15, 0.2) is 0 Å². The van der Waals surface area contributed by atoms with Crippen molar-refractivity contribution in [1.82, 2.24) is 4.90 Å². The maximum absolute atomic E-state index is 12.0. The van der Waals surface area contributed by atoms with Crippen LogP contribution in [0.4, 0.5) is 0 Å². The number of rotatable bonds is 5. The molecule has 5 nitrogen and oxygen atoms in total. The summed E-state index contributed by atoms with van der Waals surface area (Å²) in [5.41, 5.74) is 5.78. The fourth-order valence-corrected chi connectivity index (χ4v) is 2.99. The number of carbonyl (C=O) groups excluding carboxylic acids is 1. The monoisotopic (exact) mass is 270 g/mol. The minimum absolute atomic E-state index is 0.00108. The number of likely N-dealkylation sites (tertiary alicyclic amines) is 1. The highest BCUT2D eigenvalue weighted by Crippen LogP contribution is 2.25. The molecule has 1 saturated heterocycles. The van der Waals surface area contributed by atoms with Crippen LogP contribution in [0.1, 0.15) is 38.5 Å². The predicted molar refractivity (Wildman–Crippen MR) is 72.8 cm³/mol. The lowest BCUT2D eigenvalue weighted by Gasteiger charge is -2.34. The molecule has 1 amide bonds. The zero-order valence-electron chi connectivity index (χ0n) is 11.8. The van der Waals surface area contributed by atoms with Gasteiger partial charge in [0.1, 0.15) is 6.04 Å². The van der Waals surface area contributed by atoms with Crippen LogP contribution in [-0.4, -0.2) is 55.9 Å². The van der Waals surface area contributed by atoms with E-state index in [0.29, 0.717) is 12.2 Å². The summed E-state index contributed by atoms with van der Waals surface area (Å²) in [5.74, 6) is 0.00108. The highest BCUT2D eigenvalue weighted by molar-refractivity contribution is 5.81. The Morgan fingerprint density at radius 2 is 1.79 bits per heavy atom. The third-order valence-electron chi connectivity index (χ3n) is 4.10. The van der Waals surface area contributed by atoms with E-state index in [0.717, 1.165) is 25.9 Å². The standard InChI is InChI=1S/C14H26N2O3/c1-18-10-13(15)14(17)16-8-6-12(7-9-16)19-11-4-2-3-5-11/h11-13H,2-10,15H2,1H3. The van der Waals surface area contributed by atoms with Gasteiger partial charge in [0.15, 0.2) is 0 Å². The number of piperidine rings is 1. The molecule has 0 spiro atoms. The van der Waals surface area contributed by atoms with Gasteiger partial charge in [-0.25, -0.2) is 0 Å². The van der Waals surface area contributed by atoms with Crippen LogP contribution in [0.2, 0.25) is 0 Å².